The van der Waals surface area contributed by atoms with E-state index in [1.54, 1.807) is 13.1 Å². The van der Waals surface area contributed by atoms with E-state index in [4.69, 9.17) is 4.74 Å². The first kappa shape index (κ1) is 25.8. The summed E-state index contributed by atoms with van der Waals surface area (Å²) in [4.78, 5) is 18.7. The number of nitrogens with one attached hydrogen (secondary N) is 1. The van der Waals surface area contributed by atoms with E-state index >= 15 is 0 Å². The molecule has 0 unspecified atom stereocenters. The first-order valence-corrected chi connectivity index (χ1v) is 12.5. The molecule has 1 aliphatic rings. The lowest BCUT2D eigenvalue weighted by atomic mass is 9.96. The van der Waals surface area contributed by atoms with Gasteiger partial charge in [0.1, 0.15) is 5.82 Å². The average Bonchev–Trinajstić information content (AvgIpc) is 3.09. The number of ether oxygens (including phenoxy) is 1. The summed E-state index contributed by atoms with van der Waals surface area (Å²) in [5, 5.41) is 5.06. The number of carbonyl (C=O) groups excluding carboxylic acids is 1. The highest BCUT2D eigenvalue weighted by molar-refractivity contribution is 6.09. The van der Waals surface area contributed by atoms with Crippen molar-refractivity contribution >= 4 is 23.1 Å². The molecule has 1 aromatic heterocycles. The first-order chi connectivity index (χ1) is 16.5. The van der Waals surface area contributed by atoms with Crippen LogP contribution in [-0.2, 0) is 23.0 Å². The third-order valence-electron chi connectivity index (χ3n) is 6.78. The van der Waals surface area contributed by atoms with E-state index in [1.807, 2.05) is 13.0 Å². The Hall–Kier alpha value is -2.86. The minimum atomic E-state index is -0.329. The summed E-state index contributed by atoms with van der Waals surface area (Å²) < 4.78 is 7.40. The van der Waals surface area contributed by atoms with Crippen molar-refractivity contribution in [2.45, 2.75) is 46.5 Å². The van der Waals surface area contributed by atoms with Gasteiger partial charge in [-0.3, -0.25) is 0 Å². The third kappa shape index (κ3) is 6.38. The van der Waals surface area contributed by atoms with Crippen LogP contribution in [0, 0.1) is 12.8 Å². The SMILES string of the molecule is C=C(/N=C\C(=C/CC)C(=O)OCC)N1CCC(CNCCc2c(C)n(C)c3ccccc23)CC1. The number of esters is 1. The number of aryl methyl sites for hydroxylation is 1. The summed E-state index contributed by atoms with van der Waals surface area (Å²) >= 11 is 0. The second-order valence-corrected chi connectivity index (χ2v) is 8.99. The highest BCUT2D eigenvalue weighted by Gasteiger charge is 2.20. The molecule has 184 valence electrons. The van der Waals surface area contributed by atoms with E-state index in [9.17, 15) is 4.79 Å². The zero-order chi connectivity index (χ0) is 24.5. The fourth-order valence-corrected chi connectivity index (χ4v) is 4.68. The van der Waals surface area contributed by atoms with Crippen LogP contribution in [0.4, 0.5) is 0 Å². The van der Waals surface area contributed by atoms with Gasteiger partial charge in [-0.05, 0) is 70.2 Å². The van der Waals surface area contributed by atoms with Crippen molar-refractivity contribution < 1.29 is 9.53 Å². The summed E-state index contributed by atoms with van der Waals surface area (Å²) in [5.74, 6) is 1.05. The van der Waals surface area contributed by atoms with E-state index in [1.165, 1.54) is 22.2 Å². The predicted molar refractivity (Wildman–Crippen MR) is 141 cm³/mol. The van der Waals surface area contributed by atoms with E-state index < -0.39 is 0 Å². The summed E-state index contributed by atoms with van der Waals surface area (Å²) in [5.41, 5.74) is 4.61. The van der Waals surface area contributed by atoms with E-state index in [0.717, 1.165) is 51.9 Å². The molecule has 1 aromatic carbocycles. The molecule has 2 aromatic rings. The second kappa shape index (κ2) is 12.6. The molecule has 0 spiro atoms. The lowest BCUT2D eigenvalue weighted by Gasteiger charge is -2.33. The topological polar surface area (TPSA) is 58.9 Å². The quantitative estimate of drug-likeness (QED) is 0.225. The highest BCUT2D eigenvalue weighted by Crippen LogP contribution is 2.25. The molecule has 6 heteroatoms. The number of hydrogen-bond donors (Lipinski definition) is 1. The predicted octanol–water partition coefficient (Wildman–Crippen LogP) is 4.77. The summed E-state index contributed by atoms with van der Waals surface area (Å²) in [7, 11) is 2.15. The molecule has 0 radical (unpaired) electrons. The van der Waals surface area contributed by atoms with Gasteiger partial charge in [0.25, 0.3) is 0 Å². The molecule has 0 bridgehead atoms. The fraction of sp³-hybridized carbons (Fsp3) is 0.500. The maximum Gasteiger partial charge on any atom is 0.339 e. The number of para-hydroxylation sites is 1. The van der Waals surface area contributed by atoms with Crippen molar-refractivity contribution in [1.29, 1.82) is 0 Å². The number of aliphatic imine (C=N–C) groups is 1. The molecule has 0 saturated carbocycles. The molecular formula is C28H40N4O2. The molecule has 0 aliphatic carbocycles. The number of rotatable bonds is 11. The van der Waals surface area contributed by atoms with E-state index in [0.29, 0.717) is 23.9 Å². The number of carbonyl (C=O) groups is 1. The number of piperidine rings is 1. The molecule has 1 aliphatic heterocycles. The number of benzene rings is 1. The van der Waals surface area contributed by atoms with Crippen molar-refractivity contribution in [1.82, 2.24) is 14.8 Å². The van der Waals surface area contributed by atoms with E-state index in [-0.39, 0.29) is 5.97 Å². The van der Waals surface area contributed by atoms with Crippen LogP contribution in [0.25, 0.3) is 10.9 Å². The Kier molecular flexibility index (Phi) is 9.52. The van der Waals surface area contributed by atoms with Crippen LogP contribution in [-0.4, -0.2) is 54.4 Å². The summed E-state index contributed by atoms with van der Waals surface area (Å²) in [6.07, 6.45) is 7.46. The first-order valence-electron chi connectivity index (χ1n) is 12.5. The van der Waals surface area contributed by atoms with Gasteiger partial charge in [0.2, 0.25) is 0 Å². The number of fused-ring (bicyclic) bond motifs is 1. The minimum absolute atomic E-state index is 0.329. The second-order valence-electron chi connectivity index (χ2n) is 8.99. The molecule has 2 heterocycles. The van der Waals surface area contributed by atoms with Gasteiger partial charge in [-0.2, -0.15) is 0 Å². The monoisotopic (exact) mass is 464 g/mol. The maximum atomic E-state index is 12.0. The Labute approximate surface area is 204 Å². The Morgan fingerprint density at radius 1 is 1.26 bits per heavy atom. The summed E-state index contributed by atoms with van der Waals surface area (Å²) in [6, 6.07) is 8.67. The summed E-state index contributed by atoms with van der Waals surface area (Å²) in [6.45, 7) is 14.4. The molecule has 0 amide bonds. The van der Waals surface area contributed by atoms with Crippen molar-refractivity contribution in [3.05, 3.63) is 59.6 Å². The molecule has 1 fully saturated rings. The van der Waals surface area contributed by atoms with Gasteiger partial charge < -0.3 is 19.5 Å². The van der Waals surface area contributed by atoms with Crippen LogP contribution >= 0.6 is 0 Å². The van der Waals surface area contributed by atoms with Crippen LogP contribution in [0.1, 0.15) is 44.4 Å². The van der Waals surface area contributed by atoms with Gasteiger partial charge >= 0.3 is 5.97 Å². The maximum absolute atomic E-state index is 12.0. The van der Waals surface area contributed by atoms with Crippen LogP contribution in [0.2, 0.25) is 0 Å². The van der Waals surface area contributed by atoms with Crippen molar-refractivity contribution in [3.63, 3.8) is 0 Å². The Morgan fingerprint density at radius 3 is 2.71 bits per heavy atom. The zero-order valence-electron chi connectivity index (χ0n) is 21.3. The van der Waals surface area contributed by atoms with Gasteiger partial charge in [0.05, 0.1) is 12.2 Å². The van der Waals surface area contributed by atoms with Crippen LogP contribution in [0.15, 0.2) is 53.3 Å². The van der Waals surface area contributed by atoms with Gasteiger partial charge in [-0.25, -0.2) is 9.79 Å². The van der Waals surface area contributed by atoms with Crippen molar-refractivity contribution in [2.75, 3.05) is 32.8 Å². The number of aromatic nitrogens is 1. The van der Waals surface area contributed by atoms with Gasteiger partial charge in [-0.15, -0.1) is 0 Å². The average molecular weight is 465 g/mol. The van der Waals surface area contributed by atoms with Gasteiger partial charge in [-0.1, -0.05) is 37.8 Å². The number of nitrogens with zero attached hydrogens (tertiary/aromatic N) is 3. The number of hydrogen-bond acceptors (Lipinski definition) is 5. The fourth-order valence-electron chi connectivity index (χ4n) is 4.68. The largest absolute Gasteiger partial charge is 0.462 e. The van der Waals surface area contributed by atoms with Crippen LogP contribution < -0.4 is 5.32 Å². The zero-order valence-corrected chi connectivity index (χ0v) is 21.3. The Balaban J connectivity index is 1.42. The van der Waals surface area contributed by atoms with E-state index in [2.05, 4.69) is 64.6 Å². The van der Waals surface area contributed by atoms with Crippen LogP contribution in [0.3, 0.4) is 0 Å². The standard InChI is InChI=1S/C28H40N4O2/c1-6-10-24(28(33)34-7-2)20-30-22(4)32-17-14-23(15-18-32)19-29-16-13-25-21(3)31(5)27-12-9-8-11-26(25)27/h8-12,20,23,29H,4,6-7,13-19H2,1-3,5H3/b24-10+,30-20-. The van der Waals surface area contributed by atoms with Crippen molar-refractivity contribution in [2.24, 2.45) is 18.0 Å². The van der Waals surface area contributed by atoms with Crippen molar-refractivity contribution in [3.8, 4) is 0 Å². The highest BCUT2D eigenvalue weighted by atomic mass is 16.5. The van der Waals surface area contributed by atoms with Crippen LogP contribution in [0.5, 0.6) is 0 Å². The lowest BCUT2D eigenvalue weighted by molar-refractivity contribution is -0.137. The molecule has 3 rings (SSSR count). The molecule has 1 N–H and O–H groups in total. The Bertz CT molecular complexity index is 1040. The number of likely N-dealkylation sites (tertiary alicyclic amines) is 1. The molecule has 6 nitrogen and oxygen atoms in total. The van der Waals surface area contributed by atoms with Gasteiger partial charge in [0.15, 0.2) is 0 Å². The minimum Gasteiger partial charge on any atom is -0.462 e. The Morgan fingerprint density at radius 2 is 2.00 bits per heavy atom. The normalized spacial score (nSPS) is 15.4. The van der Waals surface area contributed by atoms with Gasteiger partial charge in [0, 0.05) is 42.9 Å². The molecule has 0 atom stereocenters. The molecule has 1 saturated heterocycles. The smallest absolute Gasteiger partial charge is 0.339 e. The molecule has 34 heavy (non-hydrogen) atoms. The third-order valence-corrected chi connectivity index (χ3v) is 6.78. The molecular weight excluding hydrogens is 424 g/mol. The lowest BCUT2D eigenvalue weighted by Crippen LogP contribution is -2.36. The number of allylic oxidation sites excluding steroid dienone is 1.